The van der Waals surface area contributed by atoms with Gasteiger partial charge in [-0.25, -0.2) is 0 Å². The number of nitrogens with zero attached hydrogens (tertiary/aromatic N) is 2. The Labute approximate surface area is 230 Å². The molecule has 3 aromatic rings. The fourth-order valence-electron chi connectivity index (χ4n) is 4.63. The predicted octanol–water partition coefficient (Wildman–Crippen LogP) is 4.47. The molecule has 0 atom stereocenters. The highest BCUT2D eigenvalue weighted by atomic mass is 127. The molecule has 5 heteroatoms. The van der Waals surface area contributed by atoms with E-state index < -0.39 is 0 Å². The molecular formula is C30H33IN2OS. The van der Waals surface area contributed by atoms with Crippen LogP contribution in [0.1, 0.15) is 45.5 Å². The van der Waals surface area contributed by atoms with Gasteiger partial charge >= 0.3 is 0 Å². The first-order valence-corrected chi connectivity index (χ1v) is 12.7. The van der Waals surface area contributed by atoms with Crippen LogP contribution in [0.25, 0.3) is 16.3 Å². The van der Waals surface area contributed by atoms with Crippen LogP contribution in [-0.4, -0.2) is 5.91 Å². The molecule has 35 heavy (non-hydrogen) atoms. The highest BCUT2D eigenvalue weighted by Crippen LogP contribution is 2.39. The number of anilines is 1. The topological polar surface area (TPSA) is 24.2 Å². The van der Waals surface area contributed by atoms with Crippen LogP contribution >= 0.6 is 11.3 Å². The Morgan fingerprint density at radius 3 is 2.49 bits per heavy atom. The highest BCUT2D eigenvalue weighted by molar-refractivity contribution is 7.18. The summed E-state index contributed by atoms with van der Waals surface area (Å²) in [7, 11) is 0. The quantitative estimate of drug-likeness (QED) is 0.234. The molecule has 0 radical (unpaired) electrons. The molecule has 0 unspecified atom stereocenters. The molecule has 1 heterocycles. The summed E-state index contributed by atoms with van der Waals surface area (Å²) < 4.78 is 3.73. The van der Waals surface area contributed by atoms with E-state index >= 15 is 0 Å². The third-order valence-corrected chi connectivity index (χ3v) is 7.14. The lowest BCUT2D eigenvalue weighted by atomic mass is 9.75. The van der Waals surface area contributed by atoms with Gasteiger partial charge in [-0.2, -0.15) is 4.57 Å². The van der Waals surface area contributed by atoms with Crippen molar-refractivity contribution in [3.8, 4) is 0 Å². The van der Waals surface area contributed by atoms with Crippen LogP contribution < -0.4 is 33.4 Å². The Balaban J connectivity index is 0.00000342. The number of carbonyl (C=O) groups excluding carboxylic acids is 1. The number of amides is 1. The summed E-state index contributed by atoms with van der Waals surface area (Å²) in [5, 5.41) is 1.30. The van der Waals surface area contributed by atoms with Crippen LogP contribution in [0.15, 0.2) is 96.2 Å². The number of aryl methyl sites for hydroxylation is 1. The molecule has 1 amide bonds. The number of rotatable bonds is 6. The van der Waals surface area contributed by atoms with Crippen LogP contribution in [-0.2, 0) is 11.3 Å². The minimum absolute atomic E-state index is 0. The van der Waals surface area contributed by atoms with Crippen LogP contribution in [0.5, 0.6) is 0 Å². The average molecular weight is 597 g/mol. The fraction of sp³-hybridized carbons (Fsp3) is 0.267. The van der Waals surface area contributed by atoms with Crippen molar-refractivity contribution in [3.63, 3.8) is 0 Å². The largest absolute Gasteiger partial charge is 1.00 e. The molecule has 182 valence electrons. The number of aromatic nitrogens is 1. The second kappa shape index (κ2) is 12.0. The number of hydrogen-bond acceptors (Lipinski definition) is 2. The Bertz CT molecular complexity index is 1300. The van der Waals surface area contributed by atoms with Gasteiger partial charge in [0.05, 0.1) is 0 Å². The first-order chi connectivity index (χ1) is 16.4. The molecule has 3 nitrogen and oxygen atoms in total. The third kappa shape index (κ3) is 6.79. The zero-order chi connectivity index (χ0) is 24.1. The van der Waals surface area contributed by atoms with Crippen molar-refractivity contribution in [2.75, 3.05) is 4.90 Å². The lowest BCUT2D eigenvalue weighted by molar-refractivity contribution is -0.665. The smallest absolute Gasteiger partial charge is 0.263 e. The minimum Gasteiger partial charge on any atom is -1.00 e. The summed E-state index contributed by atoms with van der Waals surface area (Å²) in [6, 6.07) is 18.4. The fourth-order valence-corrected chi connectivity index (χ4v) is 5.83. The van der Waals surface area contributed by atoms with Crippen LogP contribution in [0.3, 0.4) is 0 Å². The molecule has 1 aliphatic rings. The van der Waals surface area contributed by atoms with Crippen molar-refractivity contribution >= 4 is 39.2 Å². The SMILES string of the molecule is CC[n+]1c(/C=C2C=C(/C=C/C=C/N(C(C)=O)c3ccccc3)CC(C)(C)C/2)sc2ccccc21.[I-]. The summed E-state index contributed by atoms with van der Waals surface area (Å²) in [5.41, 5.74) is 5.05. The molecule has 1 aliphatic carbocycles. The zero-order valence-electron chi connectivity index (χ0n) is 20.9. The number of fused-ring (bicyclic) bond motifs is 1. The molecule has 0 bridgehead atoms. The summed E-state index contributed by atoms with van der Waals surface area (Å²) >= 11 is 1.86. The van der Waals surface area contributed by atoms with Gasteiger partial charge in [0.25, 0.3) is 5.01 Å². The monoisotopic (exact) mass is 596 g/mol. The van der Waals surface area contributed by atoms with E-state index in [1.807, 2.05) is 60.0 Å². The summed E-state index contributed by atoms with van der Waals surface area (Å²) in [5.74, 6) is -0.00773. The first kappa shape index (κ1) is 27.1. The number of hydrogen-bond donors (Lipinski definition) is 0. The van der Waals surface area contributed by atoms with E-state index in [1.54, 1.807) is 11.8 Å². The Kier molecular flexibility index (Phi) is 9.25. The van der Waals surface area contributed by atoms with Gasteiger partial charge < -0.3 is 24.0 Å². The second-order valence-electron chi connectivity index (χ2n) is 9.53. The maximum atomic E-state index is 12.1. The van der Waals surface area contributed by atoms with Crippen LogP contribution in [0, 0.1) is 5.41 Å². The number of allylic oxidation sites excluding steroid dienone is 6. The van der Waals surface area contributed by atoms with E-state index in [4.69, 9.17) is 0 Å². The van der Waals surface area contributed by atoms with Gasteiger partial charge in [-0.3, -0.25) is 9.69 Å². The van der Waals surface area contributed by atoms with Crippen molar-refractivity contribution in [3.05, 3.63) is 101 Å². The predicted molar refractivity (Wildman–Crippen MR) is 145 cm³/mol. The van der Waals surface area contributed by atoms with Gasteiger partial charge in [0.1, 0.15) is 11.2 Å². The van der Waals surface area contributed by atoms with E-state index in [2.05, 4.69) is 67.8 Å². The molecule has 2 aromatic carbocycles. The Morgan fingerprint density at radius 2 is 1.77 bits per heavy atom. The molecule has 0 spiro atoms. The summed E-state index contributed by atoms with van der Waals surface area (Å²) in [6.07, 6.45) is 14.8. The van der Waals surface area contributed by atoms with E-state index in [0.717, 1.165) is 25.1 Å². The van der Waals surface area contributed by atoms with Gasteiger partial charge in [-0.05, 0) is 60.6 Å². The van der Waals surface area contributed by atoms with E-state index in [-0.39, 0.29) is 35.3 Å². The van der Waals surface area contributed by atoms with Crippen molar-refractivity contribution < 1.29 is 33.3 Å². The molecule has 0 fully saturated rings. The zero-order valence-corrected chi connectivity index (χ0v) is 23.8. The number of para-hydroxylation sites is 2. The summed E-state index contributed by atoms with van der Waals surface area (Å²) in [4.78, 5) is 13.8. The van der Waals surface area contributed by atoms with Gasteiger partial charge in [-0.15, -0.1) is 0 Å². The van der Waals surface area contributed by atoms with Crippen LogP contribution in [0.4, 0.5) is 5.69 Å². The minimum atomic E-state index is -0.00773. The maximum absolute atomic E-state index is 12.1. The summed E-state index contributed by atoms with van der Waals surface area (Å²) in [6.45, 7) is 9.43. The molecule has 0 aliphatic heterocycles. The average Bonchev–Trinajstić information content (AvgIpc) is 3.15. The molecule has 1 aromatic heterocycles. The van der Waals surface area contributed by atoms with E-state index in [9.17, 15) is 4.79 Å². The van der Waals surface area contributed by atoms with Gasteiger partial charge in [0.15, 0.2) is 0 Å². The number of carbonyl (C=O) groups is 1. The Morgan fingerprint density at radius 1 is 1.06 bits per heavy atom. The highest BCUT2D eigenvalue weighted by Gasteiger charge is 2.26. The number of halogens is 1. The lowest BCUT2D eigenvalue weighted by Gasteiger charge is -2.30. The molecular weight excluding hydrogens is 563 g/mol. The van der Waals surface area contributed by atoms with E-state index in [1.165, 1.54) is 26.4 Å². The lowest BCUT2D eigenvalue weighted by Crippen LogP contribution is -3.00. The molecule has 0 saturated heterocycles. The van der Waals surface area contributed by atoms with Gasteiger partial charge in [0, 0.05) is 31.0 Å². The normalized spacial score (nSPS) is 16.6. The molecule has 0 saturated carbocycles. The molecule has 4 rings (SSSR count). The van der Waals surface area contributed by atoms with Gasteiger partial charge in [0.2, 0.25) is 11.4 Å². The van der Waals surface area contributed by atoms with Gasteiger partial charge in [-0.1, -0.05) is 73.7 Å². The van der Waals surface area contributed by atoms with Crippen LogP contribution in [0.2, 0.25) is 0 Å². The van der Waals surface area contributed by atoms with Crippen molar-refractivity contribution in [2.24, 2.45) is 5.41 Å². The van der Waals surface area contributed by atoms with E-state index in [0.29, 0.717) is 0 Å². The van der Waals surface area contributed by atoms with Crippen molar-refractivity contribution in [2.45, 2.75) is 47.1 Å². The third-order valence-electron chi connectivity index (χ3n) is 6.03. The standard InChI is InChI=1S/C30H33N2OS.HI/c1-5-31-27-16-9-10-17-28(27)34-29(31)20-25-19-24(21-30(3,4)22-25)13-11-12-18-32(23(2)33)26-14-7-6-8-15-26;/h6-20H,5,21-22H2,1-4H3;1H/q+1;/p-1. The maximum Gasteiger partial charge on any atom is 0.263 e. The Hall–Kier alpha value is -2.51. The first-order valence-electron chi connectivity index (χ1n) is 11.9. The van der Waals surface area contributed by atoms with Crippen molar-refractivity contribution in [1.82, 2.24) is 0 Å². The number of thiazole rings is 1. The number of benzene rings is 2. The second-order valence-corrected chi connectivity index (χ2v) is 10.6. The molecule has 0 N–H and O–H groups in total. The van der Waals surface area contributed by atoms with Crippen molar-refractivity contribution in [1.29, 1.82) is 0 Å².